The Morgan fingerprint density at radius 3 is 2.48 bits per heavy atom. The molecule has 1 rings (SSSR count). The number of ether oxygens (including phenoxy) is 1. The molecule has 7 nitrogen and oxygen atoms in total. The molecule has 0 aromatic heterocycles. The van der Waals surface area contributed by atoms with Crippen molar-refractivity contribution in [3.63, 3.8) is 0 Å². The van der Waals surface area contributed by atoms with E-state index in [0.29, 0.717) is 11.3 Å². The summed E-state index contributed by atoms with van der Waals surface area (Å²) in [7, 11) is -4.04. The number of carbonyl (C=O) groups is 1. The molecule has 1 aromatic carbocycles. The van der Waals surface area contributed by atoms with Gasteiger partial charge in [0, 0.05) is 10.7 Å². The van der Waals surface area contributed by atoms with Crippen LogP contribution >= 0.6 is 11.6 Å². The van der Waals surface area contributed by atoms with E-state index < -0.39 is 22.0 Å². The van der Waals surface area contributed by atoms with Crippen molar-refractivity contribution in [2.24, 2.45) is 5.14 Å². The number of hydrogen-bond acceptors (Lipinski definition) is 5. The van der Waals surface area contributed by atoms with Gasteiger partial charge in [-0.05, 0) is 38.5 Å². The summed E-state index contributed by atoms with van der Waals surface area (Å²) in [5.41, 5.74) is 0.214. The van der Waals surface area contributed by atoms with Crippen LogP contribution in [0.1, 0.15) is 26.3 Å². The summed E-state index contributed by atoms with van der Waals surface area (Å²) in [5.74, 6) is 0. The first kappa shape index (κ1) is 17.7. The Bertz CT molecular complexity index is 625. The molecular formula is C12H17ClN2O5S. The molecule has 1 amide bonds. The average molecular weight is 337 g/mol. The second kappa shape index (κ2) is 6.61. The third-order valence-electron chi connectivity index (χ3n) is 2.08. The highest BCUT2D eigenvalue weighted by Crippen LogP contribution is 2.22. The van der Waals surface area contributed by atoms with Gasteiger partial charge in [-0.1, -0.05) is 17.7 Å². The molecule has 3 N–H and O–H groups in total. The SMILES string of the molecule is CC(C)(C)OC(=O)Nc1ccc(COS(N)(=O)=O)c(Cl)c1. The second-order valence-electron chi connectivity index (χ2n) is 5.19. The first-order valence-electron chi connectivity index (χ1n) is 5.92. The molecule has 0 heterocycles. The van der Waals surface area contributed by atoms with Gasteiger partial charge in [-0.2, -0.15) is 8.42 Å². The quantitative estimate of drug-likeness (QED) is 0.877. The molecule has 0 radical (unpaired) electrons. The van der Waals surface area contributed by atoms with E-state index in [0.717, 1.165) is 0 Å². The van der Waals surface area contributed by atoms with E-state index in [1.165, 1.54) is 18.2 Å². The lowest BCUT2D eigenvalue weighted by Crippen LogP contribution is -2.27. The molecule has 0 saturated heterocycles. The molecule has 0 atom stereocenters. The van der Waals surface area contributed by atoms with Crippen molar-refractivity contribution < 1.29 is 22.1 Å². The third-order valence-corrected chi connectivity index (χ3v) is 2.88. The van der Waals surface area contributed by atoms with E-state index in [4.69, 9.17) is 21.5 Å². The number of nitrogens with one attached hydrogen (secondary N) is 1. The van der Waals surface area contributed by atoms with Crippen LogP contribution in [0, 0.1) is 0 Å². The van der Waals surface area contributed by atoms with Gasteiger partial charge in [-0.15, -0.1) is 0 Å². The van der Waals surface area contributed by atoms with Crippen molar-refractivity contribution in [2.45, 2.75) is 33.0 Å². The van der Waals surface area contributed by atoms with E-state index >= 15 is 0 Å². The van der Waals surface area contributed by atoms with Crippen molar-refractivity contribution in [1.29, 1.82) is 0 Å². The Morgan fingerprint density at radius 2 is 2.00 bits per heavy atom. The molecule has 0 saturated carbocycles. The molecule has 0 fully saturated rings. The summed E-state index contributed by atoms with van der Waals surface area (Å²) in [4.78, 5) is 11.6. The van der Waals surface area contributed by atoms with Gasteiger partial charge in [0.25, 0.3) is 0 Å². The smallest absolute Gasteiger partial charge is 0.412 e. The number of benzene rings is 1. The predicted octanol–water partition coefficient (Wildman–Crippen LogP) is 2.41. The fraction of sp³-hybridized carbons (Fsp3) is 0.417. The lowest BCUT2D eigenvalue weighted by Gasteiger charge is -2.19. The van der Waals surface area contributed by atoms with E-state index in [1.807, 2.05) is 0 Å². The standard InChI is InChI=1S/C12H17ClN2O5S/c1-12(2,3)20-11(16)15-9-5-4-8(10(13)6-9)7-19-21(14,17)18/h4-6H,7H2,1-3H3,(H,15,16)(H2,14,17,18). The number of nitrogens with two attached hydrogens (primary N) is 1. The Balaban J connectivity index is 2.72. The Hall–Kier alpha value is -1.35. The van der Waals surface area contributed by atoms with Crippen LogP contribution in [0.3, 0.4) is 0 Å². The zero-order valence-corrected chi connectivity index (χ0v) is 13.4. The fourth-order valence-corrected chi connectivity index (χ4v) is 1.84. The molecule has 118 valence electrons. The minimum atomic E-state index is -4.04. The van der Waals surface area contributed by atoms with Gasteiger partial charge in [0.1, 0.15) is 5.60 Å². The average Bonchev–Trinajstić information content (AvgIpc) is 2.23. The van der Waals surface area contributed by atoms with Gasteiger partial charge < -0.3 is 4.74 Å². The van der Waals surface area contributed by atoms with Crippen molar-refractivity contribution in [3.8, 4) is 0 Å². The number of amides is 1. The van der Waals surface area contributed by atoms with Gasteiger partial charge in [0.2, 0.25) is 0 Å². The maximum atomic E-state index is 11.6. The summed E-state index contributed by atoms with van der Waals surface area (Å²) in [6, 6.07) is 4.51. The van der Waals surface area contributed by atoms with Crippen LogP contribution in [0.15, 0.2) is 18.2 Å². The first-order valence-corrected chi connectivity index (χ1v) is 7.77. The van der Waals surface area contributed by atoms with Gasteiger partial charge in [0.15, 0.2) is 0 Å². The number of halogens is 1. The minimum Gasteiger partial charge on any atom is -0.444 e. The third kappa shape index (κ3) is 7.28. The normalized spacial score (nSPS) is 12.0. The summed E-state index contributed by atoms with van der Waals surface area (Å²) in [6.07, 6.45) is -0.618. The Kier molecular flexibility index (Phi) is 5.57. The molecular weight excluding hydrogens is 320 g/mol. The van der Waals surface area contributed by atoms with E-state index in [9.17, 15) is 13.2 Å². The van der Waals surface area contributed by atoms with Gasteiger partial charge >= 0.3 is 16.4 Å². The zero-order chi connectivity index (χ0) is 16.3. The Labute approximate surface area is 128 Å². The minimum absolute atomic E-state index is 0.229. The highest BCUT2D eigenvalue weighted by Gasteiger charge is 2.16. The van der Waals surface area contributed by atoms with Crippen LogP contribution in [-0.4, -0.2) is 20.1 Å². The molecule has 9 heteroatoms. The van der Waals surface area contributed by atoms with Crippen molar-refractivity contribution in [2.75, 3.05) is 5.32 Å². The van der Waals surface area contributed by atoms with Crippen molar-refractivity contribution in [1.82, 2.24) is 0 Å². The van der Waals surface area contributed by atoms with E-state index in [2.05, 4.69) is 9.50 Å². The molecule has 1 aromatic rings. The number of rotatable bonds is 4. The van der Waals surface area contributed by atoms with Gasteiger partial charge in [-0.3, -0.25) is 9.50 Å². The molecule has 21 heavy (non-hydrogen) atoms. The lowest BCUT2D eigenvalue weighted by atomic mass is 10.2. The summed E-state index contributed by atoms with van der Waals surface area (Å²) in [5, 5.41) is 7.46. The number of anilines is 1. The molecule has 0 aliphatic heterocycles. The van der Waals surface area contributed by atoms with Crippen LogP contribution in [-0.2, 0) is 25.8 Å². The topological polar surface area (TPSA) is 108 Å². The van der Waals surface area contributed by atoms with Crippen LogP contribution in [0.25, 0.3) is 0 Å². The van der Waals surface area contributed by atoms with Crippen molar-refractivity contribution >= 4 is 33.7 Å². The number of carbonyl (C=O) groups excluding carboxylic acids is 1. The predicted molar refractivity (Wildman–Crippen MR) is 79.2 cm³/mol. The number of hydrogen-bond donors (Lipinski definition) is 2. The molecule has 0 aliphatic carbocycles. The largest absolute Gasteiger partial charge is 0.444 e. The summed E-state index contributed by atoms with van der Waals surface area (Å²) in [6.45, 7) is 4.94. The summed E-state index contributed by atoms with van der Waals surface area (Å²) >= 11 is 5.97. The van der Waals surface area contributed by atoms with Gasteiger partial charge in [0.05, 0.1) is 6.61 Å². The van der Waals surface area contributed by atoms with Crippen LogP contribution in [0.4, 0.5) is 10.5 Å². The summed E-state index contributed by atoms with van der Waals surface area (Å²) < 4.78 is 30.9. The highest BCUT2D eigenvalue weighted by atomic mass is 35.5. The van der Waals surface area contributed by atoms with E-state index in [-0.39, 0.29) is 11.6 Å². The van der Waals surface area contributed by atoms with Gasteiger partial charge in [-0.25, -0.2) is 9.93 Å². The maximum Gasteiger partial charge on any atom is 0.412 e. The fourth-order valence-electron chi connectivity index (χ4n) is 1.31. The van der Waals surface area contributed by atoms with E-state index in [1.54, 1.807) is 20.8 Å². The van der Waals surface area contributed by atoms with Crippen molar-refractivity contribution in [3.05, 3.63) is 28.8 Å². The molecule has 0 bridgehead atoms. The monoisotopic (exact) mass is 336 g/mol. The lowest BCUT2D eigenvalue weighted by molar-refractivity contribution is 0.0636. The Morgan fingerprint density at radius 1 is 1.38 bits per heavy atom. The zero-order valence-electron chi connectivity index (χ0n) is 11.8. The molecule has 0 spiro atoms. The molecule has 0 unspecified atom stereocenters. The highest BCUT2D eigenvalue weighted by molar-refractivity contribution is 7.84. The maximum absolute atomic E-state index is 11.6. The first-order chi connectivity index (χ1) is 9.46. The van der Waals surface area contributed by atoms with Crippen LogP contribution < -0.4 is 10.5 Å². The molecule has 0 aliphatic rings. The second-order valence-corrected chi connectivity index (χ2v) is 6.82. The van der Waals surface area contributed by atoms with Crippen LogP contribution in [0.2, 0.25) is 5.02 Å². The van der Waals surface area contributed by atoms with Crippen LogP contribution in [0.5, 0.6) is 0 Å².